The first-order valence-corrected chi connectivity index (χ1v) is 5.67. The van der Waals surface area contributed by atoms with Crippen molar-refractivity contribution in [3.63, 3.8) is 0 Å². The molecule has 0 amide bonds. The van der Waals surface area contributed by atoms with Gasteiger partial charge in [-0.3, -0.25) is 14.1 Å². The van der Waals surface area contributed by atoms with Gasteiger partial charge < -0.3 is 5.73 Å². The van der Waals surface area contributed by atoms with Gasteiger partial charge in [0, 0.05) is 0 Å². The Bertz CT molecular complexity index is 364. The number of thiol groups is 1. The Hall–Kier alpha value is -0.400. The van der Waals surface area contributed by atoms with Crippen LogP contribution in [0.4, 0.5) is 0 Å². The van der Waals surface area contributed by atoms with Crippen LogP contribution in [0.5, 0.6) is 0 Å². The molecule has 0 saturated carbocycles. The fraction of sp³-hybridized carbons (Fsp3) is 0.500. The Morgan fingerprint density at radius 1 is 1.43 bits per heavy atom. The number of amidine groups is 1. The summed E-state index contributed by atoms with van der Waals surface area (Å²) in [6.45, 7) is 0. The summed E-state index contributed by atoms with van der Waals surface area (Å²) < 4.78 is 53.8. The van der Waals surface area contributed by atoms with E-state index in [2.05, 4.69) is 26.2 Å². The average Bonchev–Trinajstić information content (AvgIpc) is 1.80. The van der Waals surface area contributed by atoms with E-state index in [1.165, 1.54) is 0 Å². The lowest BCUT2D eigenvalue weighted by Crippen LogP contribution is -2.13. The Kier molecular flexibility index (Phi) is 7.05. The van der Waals surface area contributed by atoms with E-state index in [-0.39, 0.29) is 5.17 Å². The molecule has 0 aromatic carbocycles. The molecule has 0 heterocycles. The third-order valence-electron chi connectivity index (χ3n) is 0.373. The summed E-state index contributed by atoms with van der Waals surface area (Å²) in [5, 5.41) is 6.00. The molecule has 0 aliphatic carbocycles. The third-order valence-corrected chi connectivity index (χ3v) is 2.14. The first-order valence-electron chi connectivity index (χ1n) is 2.52. The predicted octanol–water partition coefficient (Wildman–Crippen LogP) is -1.49. The summed E-state index contributed by atoms with van der Waals surface area (Å²) in [6, 6.07) is 0. The smallest absolute Gasteiger partial charge is 0.379 e. The molecule has 0 atom stereocenters. The number of hydrogen-bond acceptors (Lipinski definition) is 7. The van der Waals surface area contributed by atoms with Crippen molar-refractivity contribution in [3.8, 4) is 0 Å². The van der Waals surface area contributed by atoms with Gasteiger partial charge in [0.15, 0.2) is 0 Å². The molecule has 0 aromatic rings. The zero-order valence-electron chi connectivity index (χ0n) is 6.74. The molecule has 9 nitrogen and oxygen atoms in total. The zero-order valence-corrected chi connectivity index (χ0v) is 9.27. The van der Waals surface area contributed by atoms with Crippen molar-refractivity contribution in [1.82, 2.24) is 0 Å². The summed E-state index contributed by atoms with van der Waals surface area (Å²) in [7, 11) is -8.94. The second-order valence-corrected chi connectivity index (χ2v) is 4.49. The van der Waals surface area contributed by atoms with Crippen molar-refractivity contribution in [1.29, 1.82) is 5.41 Å². The largest absolute Gasteiger partial charge is 0.416 e. The highest BCUT2D eigenvalue weighted by molar-refractivity contribution is 7.96. The van der Waals surface area contributed by atoms with Crippen LogP contribution in [0.15, 0.2) is 0 Å². The van der Waals surface area contributed by atoms with E-state index in [9.17, 15) is 16.8 Å². The molecule has 0 bridgehead atoms. The first kappa shape index (κ1) is 16.0. The number of nitrogens with two attached hydrogens (primary N) is 1. The standard InChI is InChI=1S/CH4N2S.CH4O7S2/c2-1(3)4;1-7-10(5,6)8-9(2,3)4/h(H4,2,3,4);1H3,(H,2,3,4). The van der Waals surface area contributed by atoms with Gasteiger partial charge in [0.25, 0.3) is 0 Å². The van der Waals surface area contributed by atoms with Crippen molar-refractivity contribution in [2.75, 3.05) is 7.11 Å². The zero-order chi connectivity index (χ0) is 12.0. The van der Waals surface area contributed by atoms with E-state index in [1.807, 2.05) is 0 Å². The minimum absolute atomic E-state index is 0.139. The second-order valence-electron chi connectivity index (χ2n) is 1.46. The SMILES string of the molecule is COS(=O)(=O)OS(=O)(=O)O.N=C(N)S. The molecule has 4 N–H and O–H groups in total. The molecular weight excluding hydrogens is 260 g/mol. The monoisotopic (exact) mass is 268 g/mol. The number of hydrogen-bond donors (Lipinski definition) is 4. The molecule has 0 aromatic heterocycles. The maximum Gasteiger partial charge on any atom is 0.416 e. The fourth-order valence-corrected chi connectivity index (χ4v) is 1.20. The maximum absolute atomic E-state index is 10.0. The molecule has 0 aliphatic rings. The van der Waals surface area contributed by atoms with Gasteiger partial charge in [-0.1, -0.05) is 0 Å². The summed E-state index contributed by atoms with van der Waals surface area (Å²) >= 11 is 3.33. The van der Waals surface area contributed by atoms with Gasteiger partial charge >= 0.3 is 20.8 Å². The van der Waals surface area contributed by atoms with Crippen molar-refractivity contribution in [2.24, 2.45) is 5.73 Å². The molecule has 14 heavy (non-hydrogen) atoms. The predicted molar refractivity (Wildman–Crippen MR) is 49.5 cm³/mol. The van der Waals surface area contributed by atoms with Crippen LogP contribution >= 0.6 is 12.6 Å². The van der Waals surface area contributed by atoms with Gasteiger partial charge in [-0.25, -0.2) is 0 Å². The van der Waals surface area contributed by atoms with Crippen LogP contribution in [0.2, 0.25) is 0 Å². The topological polar surface area (TPSA) is 157 Å². The Balaban J connectivity index is 0. The van der Waals surface area contributed by atoms with E-state index in [0.717, 1.165) is 0 Å². The summed E-state index contributed by atoms with van der Waals surface area (Å²) in [4.78, 5) is 0. The molecule has 0 radical (unpaired) electrons. The Morgan fingerprint density at radius 2 is 1.71 bits per heavy atom. The van der Waals surface area contributed by atoms with Crippen LogP contribution < -0.4 is 5.73 Å². The van der Waals surface area contributed by atoms with Gasteiger partial charge in [-0.15, -0.1) is 16.3 Å². The highest BCUT2D eigenvalue weighted by Crippen LogP contribution is 1.97. The van der Waals surface area contributed by atoms with E-state index in [1.54, 1.807) is 0 Å². The third kappa shape index (κ3) is 17.6. The highest BCUT2D eigenvalue weighted by atomic mass is 32.3. The molecule has 0 rings (SSSR count). The molecule has 0 spiro atoms. The Labute approximate surface area is 86.4 Å². The Morgan fingerprint density at radius 3 is 1.79 bits per heavy atom. The second kappa shape index (κ2) is 6.15. The highest BCUT2D eigenvalue weighted by Gasteiger charge is 2.18. The quantitative estimate of drug-likeness (QED) is 0.208. The van der Waals surface area contributed by atoms with Crippen molar-refractivity contribution in [2.45, 2.75) is 0 Å². The molecule has 0 fully saturated rings. The van der Waals surface area contributed by atoms with Crippen LogP contribution in [0.3, 0.4) is 0 Å². The molecule has 12 heteroatoms. The fourth-order valence-electron chi connectivity index (χ4n) is 0.133. The summed E-state index contributed by atoms with van der Waals surface area (Å²) in [6.07, 6.45) is 0. The minimum Gasteiger partial charge on any atom is -0.379 e. The van der Waals surface area contributed by atoms with E-state index in [0.29, 0.717) is 7.11 Å². The maximum atomic E-state index is 10.0. The lowest BCUT2D eigenvalue weighted by molar-refractivity contribution is 0.309. The van der Waals surface area contributed by atoms with Crippen molar-refractivity contribution in [3.05, 3.63) is 0 Å². The minimum atomic E-state index is -5.01. The van der Waals surface area contributed by atoms with Crippen LogP contribution in [-0.2, 0) is 28.6 Å². The van der Waals surface area contributed by atoms with Crippen LogP contribution in [0, 0.1) is 5.41 Å². The summed E-state index contributed by atoms with van der Waals surface area (Å²) in [5.41, 5.74) is 4.56. The van der Waals surface area contributed by atoms with Crippen LogP contribution in [-0.4, -0.2) is 33.7 Å². The van der Waals surface area contributed by atoms with Gasteiger partial charge in [-0.05, 0) is 0 Å². The normalized spacial score (nSPS) is 11.4. The molecule has 0 aliphatic heterocycles. The molecule has 0 saturated heterocycles. The van der Waals surface area contributed by atoms with Gasteiger partial charge in [-0.2, -0.15) is 16.8 Å². The van der Waals surface area contributed by atoms with Gasteiger partial charge in [0.1, 0.15) is 5.17 Å². The lowest BCUT2D eigenvalue weighted by Gasteiger charge is -1.95. The van der Waals surface area contributed by atoms with Gasteiger partial charge in [0.05, 0.1) is 7.11 Å². The molecule has 86 valence electrons. The van der Waals surface area contributed by atoms with E-state index < -0.39 is 20.8 Å². The van der Waals surface area contributed by atoms with Crippen LogP contribution in [0.25, 0.3) is 0 Å². The van der Waals surface area contributed by atoms with Crippen molar-refractivity contribution < 1.29 is 29.2 Å². The summed E-state index contributed by atoms with van der Waals surface area (Å²) in [5.74, 6) is 0. The molecular formula is C2H8N2O7S3. The van der Waals surface area contributed by atoms with Gasteiger partial charge in [0.2, 0.25) is 0 Å². The van der Waals surface area contributed by atoms with E-state index >= 15 is 0 Å². The van der Waals surface area contributed by atoms with Crippen molar-refractivity contribution >= 4 is 38.6 Å². The average molecular weight is 268 g/mol. The van der Waals surface area contributed by atoms with E-state index in [4.69, 9.17) is 9.96 Å². The first-order chi connectivity index (χ1) is 6.00. The van der Waals surface area contributed by atoms with Crippen LogP contribution in [0.1, 0.15) is 0 Å². The number of rotatable bonds is 3. The lowest BCUT2D eigenvalue weighted by atomic mass is 11.4. The molecule has 0 unspecified atom stereocenters. The number of nitrogens with one attached hydrogen (secondary N) is 1.